The van der Waals surface area contributed by atoms with Crippen molar-refractivity contribution in [3.05, 3.63) is 34.1 Å². The molecule has 1 aromatic rings. The Morgan fingerprint density at radius 3 is 2.76 bits per heavy atom. The fourth-order valence-electron chi connectivity index (χ4n) is 1.49. The van der Waals surface area contributed by atoms with Gasteiger partial charge in [0.1, 0.15) is 0 Å². The zero-order valence-electron chi connectivity index (χ0n) is 9.85. The quantitative estimate of drug-likeness (QED) is 0.436. The maximum absolute atomic E-state index is 13.6. The molecule has 0 aliphatic carbocycles. The third-order valence-corrected chi connectivity index (χ3v) is 2.40. The summed E-state index contributed by atoms with van der Waals surface area (Å²) in [5.41, 5.74) is 0.114. The van der Waals surface area contributed by atoms with Gasteiger partial charge >= 0.3 is 0 Å². The Morgan fingerprint density at radius 2 is 2.24 bits per heavy atom. The minimum Gasteiger partial charge on any atom is -0.385 e. The molecule has 0 spiro atoms. The Balaban J connectivity index is 2.74. The van der Waals surface area contributed by atoms with Gasteiger partial charge in [-0.2, -0.15) is 0 Å². The van der Waals surface area contributed by atoms with Gasteiger partial charge in [-0.05, 0) is 12.5 Å². The van der Waals surface area contributed by atoms with E-state index in [2.05, 4.69) is 0 Å². The van der Waals surface area contributed by atoms with Crippen LogP contribution in [0.1, 0.15) is 6.42 Å². The van der Waals surface area contributed by atoms with E-state index in [0.29, 0.717) is 18.8 Å². The summed E-state index contributed by atoms with van der Waals surface area (Å²) in [6, 6.07) is 3.65. The summed E-state index contributed by atoms with van der Waals surface area (Å²) in [6.07, 6.45) is 0.767. The number of nitro groups is 1. The average molecular weight is 242 g/mol. The normalized spacial score (nSPS) is 10.3. The fraction of sp³-hybridized carbons (Fsp3) is 0.455. The number of halogens is 1. The van der Waals surface area contributed by atoms with Crippen LogP contribution in [0.4, 0.5) is 15.8 Å². The first-order valence-corrected chi connectivity index (χ1v) is 5.20. The lowest BCUT2D eigenvalue weighted by atomic mass is 10.2. The van der Waals surface area contributed by atoms with Gasteiger partial charge in [-0.25, -0.2) is 4.39 Å². The topological polar surface area (TPSA) is 55.6 Å². The Labute approximate surface area is 98.9 Å². The molecule has 0 saturated carbocycles. The zero-order chi connectivity index (χ0) is 12.8. The Morgan fingerprint density at radius 1 is 1.53 bits per heavy atom. The van der Waals surface area contributed by atoms with E-state index in [9.17, 15) is 14.5 Å². The highest BCUT2D eigenvalue weighted by Crippen LogP contribution is 2.23. The predicted molar refractivity (Wildman–Crippen MR) is 62.8 cm³/mol. The van der Waals surface area contributed by atoms with Crippen molar-refractivity contribution in [3.8, 4) is 0 Å². The molecule has 0 fully saturated rings. The lowest BCUT2D eigenvalue weighted by Crippen LogP contribution is -2.20. The van der Waals surface area contributed by atoms with Gasteiger partial charge < -0.3 is 9.64 Å². The maximum Gasteiger partial charge on any atom is 0.272 e. The zero-order valence-corrected chi connectivity index (χ0v) is 9.85. The summed E-state index contributed by atoms with van der Waals surface area (Å²) in [6.45, 7) is 1.22. The molecule has 5 nitrogen and oxygen atoms in total. The van der Waals surface area contributed by atoms with Crippen LogP contribution < -0.4 is 4.90 Å². The van der Waals surface area contributed by atoms with Crippen LogP contribution in [0.15, 0.2) is 18.2 Å². The number of rotatable bonds is 6. The maximum atomic E-state index is 13.6. The Bertz CT molecular complexity index is 398. The van der Waals surface area contributed by atoms with Crippen LogP contribution >= 0.6 is 0 Å². The van der Waals surface area contributed by atoms with E-state index in [0.717, 1.165) is 12.5 Å². The first-order chi connectivity index (χ1) is 8.06. The number of hydrogen-bond acceptors (Lipinski definition) is 4. The molecule has 0 radical (unpaired) electrons. The van der Waals surface area contributed by atoms with Gasteiger partial charge in [0.05, 0.1) is 16.7 Å². The van der Waals surface area contributed by atoms with Crippen LogP contribution in [-0.4, -0.2) is 32.2 Å². The molecule has 0 heterocycles. The molecule has 0 saturated heterocycles. The molecule has 1 rings (SSSR count). The summed E-state index contributed by atoms with van der Waals surface area (Å²) in [4.78, 5) is 11.5. The molecule has 0 aliphatic heterocycles. The molecular weight excluding hydrogens is 227 g/mol. The monoisotopic (exact) mass is 242 g/mol. The molecular formula is C11H15FN2O3. The fourth-order valence-corrected chi connectivity index (χ4v) is 1.49. The minimum absolute atomic E-state index is 0.239. The number of methoxy groups -OCH3 is 1. The van der Waals surface area contributed by atoms with Gasteiger partial charge in [-0.3, -0.25) is 10.1 Å². The van der Waals surface area contributed by atoms with E-state index in [-0.39, 0.29) is 5.69 Å². The van der Waals surface area contributed by atoms with Crippen molar-refractivity contribution in [2.24, 2.45) is 0 Å². The van der Waals surface area contributed by atoms with Crippen LogP contribution in [0.25, 0.3) is 0 Å². The molecule has 0 unspecified atom stereocenters. The molecule has 0 aliphatic rings. The number of non-ortho nitro benzene ring substituents is 1. The van der Waals surface area contributed by atoms with Crippen molar-refractivity contribution in [1.82, 2.24) is 0 Å². The SMILES string of the molecule is COCCCN(C)c1ccc([N+](=O)[O-])cc1F. The second-order valence-corrected chi connectivity index (χ2v) is 3.66. The van der Waals surface area contributed by atoms with Crippen LogP contribution in [-0.2, 0) is 4.74 Å². The highest BCUT2D eigenvalue weighted by molar-refractivity contribution is 5.51. The van der Waals surface area contributed by atoms with Crippen LogP contribution in [0.3, 0.4) is 0 Å². The van der Waals surface area contributed by atoms with E-state index in [1.165, 1.54) is 12.1 Å². The number of nitrogens with zero attached hydrogens (tertiary/aromatic N) is 2. The second-order valence-electron chi connectivity index (χ2n) is 3.66. The third-order valence-electron chi connectivity index (χ3n) is 2.40. The summed E-state index contributed by atoms with van der Waals surface area (Å²) in [5, 5.41) is 10.5. The van der Waals surface area contributed by atoms with Gasteiger partial charge in [0.25, 0.3) is 5.69 Å². The van der Waals surface area contributed by atoms with Crippen molar-refractivity contribution in [2.45, 2.75) is 6.42 Å². The lowest BCUT2D eigenvalue weighted by molar-refractivity contribution is -0.385. The molecule has 17 heavy (non-hydrogen) atoms. The van der Waals surface area contributed by atoms with Gasteiger partial charge in [0.15, 0.2) is 5.82 Å². The van der Waals surface area contributed by atoms with Crippen molar-refractivity contribution in [3.63, 3.8) is 0 Å². The molecule has 0 aromatic heterocycles. The summed E-state index contributed by atoms with van der Waals surface area (Å²) in [7, 11) is 3.34. The molecule has 0 atom stereocenters. The van der Waals surface area contributed by atoms with E-state index >= 15 is 0 Å². The molecule has 0 bridgehead atoms. The van der Waals surface area contributed by atoms with Gasteiger partial charge in [0, 0.05) is 33.4 Å². The van der Waals surface area contributed by atoms with Gasteiger partial charge in [0.2, 0.25) is 0 Å². The van der Waals surface area contributed by atoms with Crippen molar-refractivity contribution in [1.29, 1.82) is 0 Å². The van der Waals surface area contributed by atoms with E-state index in [1.54, 1.807) is 19.1 Å². The van der Waals surface area contributed by atoms with Crippen LogP contribution in [0, 0.1) is 15.9 Å². The van der Waals surface area contributed by atoms with Gasteiger partial charge in [-0.1, -0.05) is 0 Å². The summed E-state index contributed by atoms with van der Waals surface area (Å²) < 4.78 is 18.5. The molecule has 94 valence electrons. The van der Waals surface area contributed by atoms with Gasteiger partial charge in [-0.15, -0.1) is 0 Å². The number of ether oxygens (including phenoxy) is 1. The second kappa shape index (κ2) is 6.15. The highest BCUT2D eigenvalue weighted by Gasteiger charge is 2.13. The summed E-state index contributed by atoms with van der Waals surface area (Å²) in [5.74, 6) is -0.584. The van der Waals surface area contributed by atoms with E-state index in [4.69, 9.17) is 4.74 Å². The first kappa shape index (κ1) is 13.4. The predicted octanol–water partition coefficient (Wildman–Crippen LogP) is 2.21. The Hall–Kier alpha value is -1.69. The number of anilines is 1. The average Bonchev–Trinajstić information content (AvgIpc) is 2.28. The first-order valence-electron chi connectivity index (χ1n) is 5.20. The lowest BCUT2D eigenvalue weighted by Gasteiger charge is -2.19. The van der Waals surface area contributed by atoms with Crippen molar-refractivity contribution >= 4 is 11.4 Å². The number of nitro benzene ring substituents is 1. The van der Waals surface area contributed by atoms with Crippen LogP contribution in [0.5, 0.6) is 0 Å². The van der Waals surface area contributed by atoms with E-state index < -0.39 is 10.7 Å². The molecule has 1 aromatic carbocycles. The molecule has 6 heteroatoms. The van der Waals surface area contributed by atoms with Crippen LogP contribution in [0.2, 0.25) is 0 Å². The number of benzene rings is 1. The largest absolute Gasteiger partial charge is 0.385 e. The van der Waals surface area contributed by atoms with Crippen molar-refractivity contribution < 1.29 is 14.1 Å². The smallest absolute Gasteiger partial charge is 0.272 e. The third kappa shape index (κ3) is 3.67. The van der Waals surface area contributed by atoms with Crippen molar-refractivity contribution in [2.75, 3.05) is 32.2 Å². The number of hydrogen-bond donors (Lipinski definition) is 0. The molecule has 0 amide bonds. The summed E-state index contributed by atoms with van der Waals surface area (Å²) >= 11 is 0. The van der Waals surface area contributed by atoms with E-state index in [1.807, 2.05) is 0 Å². The minimum atomic E-state index is -0.613. The standard InChI is InChI=1S/C11H15FN2O3/c1-13(6-3-7-17-2)11-5-4-9(14(15)16)8-10(11)12/h4-5,8H,3,6-7H2,1-2H3. The highest BCUT2D eigenvalue weighted by atomic mass is 19.1. The Kier molecular flexibility index (Phi) is 4.84. The molecule has 0 N–H and O–H groups in total.